The van der Waals surface area contributed by atoms with Gasteiger partial charge in [-0.3, -0.25) is 4.90 Å². The van der Waals surface area contributed by atoms with E-state index in [0.717, 1.165) is 59.4 Å². The molecule has 0 unspecified atom stereocenters. The summed E-state index contributed by atoms with van der Waals surface area (Å²) in [6.45, 7) is 4.52. The van der Waals surface area contributed by atoms with Crippen LogP contribution in [0, 0.1) is 18.3 Å². The van der Waals surface area contributed by atoms with E-state index in [-0.39, 0.29) is 17.2 Å². The van der Waals surface area contributed by atoms with Crippen molar-refractivity contribution in [1.29, 1.82) is 5.26 Å². The summed E-state index contributed by atoms with van der Waals surface area (Å²) in [7, 11) is -3.25. The van der Waals surface area contributed by atoms with Gasteiger partial charge in [0.25, 0.3) is 0 Å². The van der Waals surface area contributed by atoms with Gasteiger partial charge in [0.1, 0.15) is 0 Å². The van der Waals surface area contributed by atoms with Crippen LogP contribution >= 0.6 is 0 Å². The molecule has 0 radical (unpaired) electrons. The molecule has 1 saturated carbocycles. The van der Waals surface area contributed by atoms with Crippen molar-refractivity contribution in [1.82, 2.24) is 10.3 Å². The van der Waals surface area contributed by atoms with Crippen molar-refractivity contribution in [3.63, 3.8) is 0 Å². The highest BCUT2D eigenvalue weighted by Crippen LogP contribution is 2.50. The van der Waals surface area contributed by atoms with Gasteiger partial charge in [0.05, 0.1) is 39.4 Å². The Morgan fingerprint density at radius 1 is 1.11 bits per heavy atom. The van der Waals surface area contributed by atoms with E-state index in [9.17, 15) is 18.5 Å². The van der Waals surface area contributed by atoms with E-state index in [1.165, 1.54) is 0 Å². The number of nitriles is 1. The molecule has 2 aliphatic rings. The average Bonchev–Trinajstić information content (AvgIpc) is 3.52. The monoisotopic (exact) mass is 514 g/mol. The Kier molecular flexibility index (Phi) is 6.50. The van der Waals surface area contributed by atoms with Gasteiger partial charge in [-0.15, -0.1) is 0 Å². The number of carbonyl (C=O) groups is 1. The number of rotatable bonds is 5. The minimum Gasteiger partial charge on any atom is -0.334 e. The van der Waals surface area contributed by atoms with E-state index in [1.54, 1.807) is 36.1 Å². The highest BCUT2D eigenvalue weighted by atomic mass is 32.2. The van der Waals surface area contributed by atoms with Crippen LogP contribution in [0.4, 0.5) is 10.5 Å². The van der Waals surface area contributed by atoms with Crippen LogP contribution in [-0.2, 0) is 21.8 Å². The highest BCUT2D eigenvalue weighted by molar-refractivity contribution is 7.91. The normalized spacial score (nSPS) is 16.0. The maximum absolute atomic E-state index is 13.3. The maximum atomic E-state index is 13.3. The molecule has 1 aromatic heterocycles. The van der Waals surface area contributed by atoms with Crippen molar-refractivity contribution in [2.75, 3.05) is 17.2 Å². The second kappa shape index (κ2) is 9.64. The number of fused-ring (bicyclic) bond motifs is 2. The van der Waals surface area contributed by atoms with Gasteiger partial charge in [-0.05, 0) is 67.3 Å². The first-order valence-corrected chi connectivity index (χ1v) is 14.3. The molecule has 2 amide bonds. The topological polar surface area (TPSA) is 103 Å². The van der Waals surface area contributed by atoms with E-state index in [2.05, 4.69) is 11.4 Å². The molecule has 1 aliphatic carbocycles. The summed E-state index contributed by atoms with van der Waals surface area (Å²) in [4.78, 5) is 20.5. The Morgan fingerprint density at radius 2 is 1.84 bits per heavy atom. The number of hydrogen-bond acceptors (Lipinski definition) is 5. The number of sulfone groups is 1. The number of urea groups is 1. The zero-order valence-electron chi connectivity index (χ0n) is 21.1. The van der Waals surface area contributed by atoms with Gasteiger partial charge in [-0.2, -0.15) is 5.26 Å². The fraction of sp³-hybridized carbons (Fsp3) is 0.345. The van der Waals surface area contributed by atoms with Crippen LogP contribution in [0.1, 0.15) is 55.0 Å². The van der Waals surface area contributed by atoms with Crippen molar-refractivity contribution in [2.45, 2.75) is 56.4 Å². The summed E-state index contributed by atoms with van der Waals surface area (Å²) in [6.07, 6.45) is 4.23. The third-order valence-corrected chi connectivity index (χ3v) is 9.42. The number of aromatic nitrogens is 1. The first-order valence-electron chi connectivity index (χ1n) is 12.7. The summed E-state index contributed by atoms with van der Waals surface area (Å²) < 4.78 is 24.1. The zero-order chi connectivity index (χ0) is 26.2. The summed E-state index contributed by atoms with van der Waals surface area (Å²) >= 11 is 0. The third kappa shape index (κ3) is 4.60. The van der Waals surface area contributed by atoms with Gasteiger partial charge >= 0.3 is 6.03 Å². The summed E-state index contributed by atoms with van der Waals surface area (Å²) in [6, 6.07) is 18.3. The molecule has 0 saturated heterocycles. The summed E-state index contributed by atoms with van der Waals surface area (Å²) in [5, 5.41) is 12.2. The summed E-state index contributed by atoms with van der Waals surface area (Å²) in [5.74, 6) is 0.0553. The van der Waals surface area contributed by atoms with Crippen molar-refractivity contribution >= 4 is 21.6 Å². The lowest BCUT2D eigenvalue weighted by molar-refractivity contribution is 0.245. The fourth-order valence-corrected chi connectivity index (χ4v) is 6.46. The van der Waals surface area contributed by atoms with Gasteiger partial charge in [-0.1, -0.05) is 38.0 Å². The molecule has 8 heteroatoms. The number of aryl methyl sites for hydroxylation is 1. The number of anilines is 1. The van der Waals surface area contributed by atoms with Crippen LogP contribution in [0.15, 0.2) is 59.5 Å². The minimum absolute atomic E-state index is 0.0553. The number of carbonyl (C=O) groups excluding carboxylic acids is 1. The van der Waals surface area contributed by atoms with E-state index >= 15 is 0 Å². The Hall–Kier alpha value is -3.70. The quantitative estimate of drug-likeness (QED) is 0.500. The number of pyridine rings is 1. The number of benzene rings is 2. The van der Waals surface area contributed by atoms with Crippen molar-refractivity contribution in [3.8, 4) is 17.3 Å². The highest BCUT2D eigenvalue weighted by Gasteiger charge is 2.47. The molecule has 37 heavy (non-hydrogen) atoms. The lowest BCUT2D eigenvalue weighted by Gasteiger charge is -2.24. The predicted molar refractivity (Wildman–Crippen MR) is 143 cm³/mol. The molecule has 0 bridgehead atoms. The molecular formula is C29H30N4O3S. The lowest BCUT2D eigenvalue weighted by atomic mass is 9.84. The van der Waals surface area contributed by atoms with Crippen LogP contribution in [-0.4, -0.2) is 31.7 Å². The molecule has 2 heterocycles. The Balaban J connectivity index is 1.39. The van der Waals surface area contributed by atoms with Crippen LogP contribution in [0.25, 0.3) is 11.3 Å². The van der Waals surface area contributed by atoms with Crippen molar-refractivity contribution < 1.29 is 13.2 Å². The second-order valence-electron chi connectivity index (χ2n) is 9.99. The van der Waals surface area contributed by atoms with Crippen LogP contribution in [0.2, 0.25) is 0 Å². The molecule has 7 nitrogen and oxygen atoms in total. The van der Waals surface area contributed by atoms with Gasteiger partial charge in [0, 0.05) is 24.1 Å². The SMILES string of the molecule is CCS(=O)(=O)c1ccc(CNC(=O)N2CC3(CCCC3)c3nc(-c4ccc(C#N)cc4C)ccc32)cc1. The van der Waals surface area contributed by atoms with E-state index in [0.29, 0.717) is 23.5 Å². The Labute approximate surface area is 218 Å². The smallest absolute Gasteiger partial charge is 0.322 e. The molecule has 5 rings (SSSR count). The molecule has 1 fully saturated rings. The first-order chi connectivity index (χ1) is 17.8. The van der Waals surface area contributed by atoms with Gasteiger partial charge in [-0.25, -0.2) is 18.2 Å². The Bertz CT molecular complexity index is 1500. The third-order valence-electron chi connectivity index (χ3n) is 7.67. The molecule has 1 N–H and O–H groups in total. The van der Waals surface area contributed by atoms with Gasteiger partial charge in [0.15, 0.2) is 9.84 Å². The van der Waals surface area contributed by atoms with Crippen LogP contribution < -0.4 is 10.2 Å². The zero-order valence-corrected chi connectivity index (χ0v) is 21.9. The molecule has 190 valence electrons. The van der Waals surface area contributed by atoms with E-state index in [4.69, 9.17) is 4.98 Å². The largest absolute Gasteiger partial charge is 0.334 e. The minimum atomic E-state index is -3.25. The Morgan fingerprint density at radius 3 is 2.49 bits per heavy atom. The summed E-state index contributed by atoms with van der Waals surface area (Å²) in [5.41, 5.74) is 6.00. The number of amides is 2. The van der Waals surface area contributed by atoms with E-state index in [1.807, 2.05) is 37.3 Å². The van der Waals surface area contributed by atoms with E-state index < -0.39 is 9.84 Å². The number of nitrogens with zero attached hydrogens (tertiary/aromatic N) is 3. The van der Waals surface area contributed by atoms with Gasteiger partial charge < -0.3 is 5.32 Å². The van der Waals surface area contributed by atoms with Crippen LogP contribution in [0.5, 0.6) is 0 Å². The molecule has 2 aromatic carbocycles. The molecule has 0 atom stereocenters. The number of nitrogens with one attached hydrogen (secondary N) is 1. The fourth-order valence-electron chi connectivity index (χ4n) is 5.58. The first kappa shape index (κ1) is 25.0. The van der Waals surface area contributed by atoms with Crippen LogP contribution in [0.3, 0.4) is 0 Å². The number of hydrogen-bond donors (Lipinski definition) is 1. The second-order valence-corrected chi connectivity index (χ2v) is 12.3. The molecule has 1 spiro atoms. The standard InChI is InChI=1S/C29H30N4O3S/c1-3-37(35,36)23-9-6-21(7-10-23)18-31-28(34)33-19-29(14-4-5-15-29)27-26(33)13-12-25(32-27)24-11-8-22(17-30)16-20(24)2/h6-13,16H,3-5,14-15,18-19H2,1-2H3,(H,31,34). The lowest BCUT2D eigenvalue weighted by Crippen LogP contribution is -2.41. The van der Waals surface area contributed by atoms with Gasteiger partial charge in [0.2, 0.25) is 0 Å². The molecule has 3 aromatic rings. The van der Waals surface area contributed by atoms with Crippen molar-refractivity contribution in [3.05, 3.63) is 77.0 Å². The average molecular weight is 515 g/mol. The predicted octanol–water partition coefficient (Wildman–Crippen LogP) is 5.26. The molecular weight excluding hydrogens is 484 g/mol. The molecule has 1 aliphatic heterocycles. The van der Waals surface area contributed by atoms with Crippen molar-refractivity contribution in [2.24, 2.45) is 0 Å². The maximum Gasteiger partial charge on any atom is 0.322 e.